The topological polar surface area (TPSA) is 26.3 Å². The van der Waals surface area contributed by atoms with Crippen molar-refractivity contribution in [3.63, 3.8) is 0 Å². The van der Waals surface area contributed by atoms with Crippen molar-refractivity contribution in [1.82, 2.24) is 0 Å². The molecule has 0 N–H and O–H groups in total. The molecule has 2 nitrogen and oxygen atoms in total. The van der Waals surface area contributed by atoms with Crippen molar-refractivity contribution < 1.29 is 8.83 Å². The molecule has 21 aromatic rings. The summed E-state index contributed by atoms with van der Waals surface area (Å²) in [6, 6.07) is 108. The maximum absolute atomic E-state index is 6.91. The number of thiophene rings is 2. The summed E-state index contributed by atoms with van der Waals surface area (Å²) < 4.78 is 17.6. The predicted octanol–water partition coefficient (Wildman–Crippen LogP) is 28.1. The highest BCUT2D eigenvalue weighted by molar-refractivity contribution is 7.26. The molecule has 0 amide bonds. The first-order chi connectivity index (χ1) is 48.0. The van der Waals surface area contributed by atoms with Crippen LogP contribution in [0.1, 0.15) is 10.4 Å². The van der Waals surface area contributed by atoms with Gasteiger partial charge in [-0.15, -0.1) is 22.7 Å². The fourth-order valence-electron chi connectivity index (χ4n) is 16.7. The maximum Gasteiger partial charge on any atom is 0.136 e. The zero-order valence-electron chi connectivity index (χ0n) is 52.6. The summed E-state index contributed by atoms with van der Waals surface area (Å²) in [5.41, 5.74) is 19.0. The first kappa shape index (κ1) is 54.5. The molecular formula is C93H54O2S2. The highest BCUT2D eigenvalue weighted by Crippen LogP contribution is 2.53. The molecule has 450 valence electrons. The molecule has 0 spiro atoms. The van der Waals surface area contributed by atoms with Gasteiger partial charge in [-0.3, -0.25) is 0 Å². The standard InChI is InChI=1S/C93H54O2S2/c1-3-81-92(75-44-40-62(50-83(75)96-81)88-70-27-12-8-23-66(70)85(67-24-9-13-28-71(67)88)59-36-32-53-18-4-5-19-55(53)47-59)84-52(2)76(51-80-91(84)73-29-14-16-30-77(73)94-80)58-35-33-57-48-60(37-34-56(57)46-58)86-64-21-6-10-25-68(64)87(69-26-11-7-22-65(69)86)61-39-43-74-79(49-61)95-78-45-41-54-38-42-72-63-20-15-17-31-82(63)97-93(72)89(54)90(74)78/h3-51H,1H2,2H3. The van der Waals surface area contributed by atoms with Crippen LogP contribution < -0.4 is 0 Å². The quantitative estimate of drug-likeness (QED) is 0.149. The Balaban J connectivity index is 0.686. The third kappa shape index (κ3) is 8.00. The molecule has 0 fully saturated rings. The average Bonchev–Trinajstić information content (AvgIpc) is 1.67. The highest BCUT2D eigenvalue weighted by Gasteiger charge is 2.27. The fourth-order valence-corrected chi connectivity index (χ4v) is 19.1. The van der Waals surface area contributed by atoms with E-state index in [0.717, 1.165) is 60.1 Å². The third-order valence-corrected chi connectivity index (χ3v) is 23.3. The van der Waals surface area contributed by atoms with Gasteiger partial charge in [0.2, 0.25) is 0 Å². The van der Waals surface area contributed by atoms with E-state index in [1.165, 1.54) is 167 Å². The second kappa shape index (κ2) is 20.8. The molecule has 0 aliphatic carbocycles. The maximum atomic E-state index is 6.91. The lowest BCUT2D eigenvalue weighted by Crippen LogP contribution is -1.92. The van der Waals surface area contributed by atoms with Crippen molar-refractivity contribution in [2.45, 2.75) is 6.92 Å². The first-order valence-corrected chi connectivity index (χ1v) is 34.8. The molecule has 0 unspecified atom stereocenters. The van der Waals surface area contributed by atoms with Crippen LogP contribution in [-0.2, 0) is 0 Å². The van der Waals surface area contributed by atoms with E-state index in [4.69, 9.17) is 8.83 Å². The Morgan fingerprint density at radius 1 is 0.268 bits per heavy atom. The molecule has 97 heavy (non-hydrogen) atoms. The SMILES string of the molecule is C=Cc1sc2cc(-c3c4ccccc4c(-c4ccc5ccccc5c4)c4ccccc34)ccc2c1-c1c(C)c(-c2ccc3cc(-c4c5ccccc5c(-c5ccc6c(c5)oc5ccc7ccc8c9ccccc9sc8c7c56)c5ccccc45)ccc3c2)cc2oc3ccccc3c12. The van der Waals surface area contributed by atoms with E-state index in [0.29, 0.717) is 0 Å². The number of para-hydroxylation sites is 1. The lowest BCUT2D eigenvalue weighted by Gasteiger charge is -2.18. The zero-order valence-corrected chi connectivity index (χ0v) is 54.3. The van der Waals surface area contributed by atoms with Crippen LogP contribution in [0.2, 0.25) is 0 Å². The van der Waals surface area contributed by atoms with Gasteiger partial charge in [-0.05, 0) is 204 Å². The summed E-state index contributed by atoms with van der Waals surface area (Å²) in [6.07, 6.45) is 2.06. The molecule has 0 radical (unpaired) electrons. The Morgan fingerprint density at radius 2 is 0.711 bits per heavy atom. The number of rotatable bonds is 7. The molecular weight excluding hydrogens is 1210 g/mol. The van der Waals surface area contributed by atoms with Crippen molar-refractivity contribution in [2.24, 2.45) is 0 Å². The fraction of sp³-hybridized carbons (Fsp3) is 0.0108. The van der Waals surface area contributed by atoms with Gasteiger partial charge in [0.1, 0.15) is 22.3 Å². The summed E-state index contributed by atoms with van der Waals surface area (Å²) in [5.74, 6) is 0. The lowest BCUT2D eigenvalue weighted by atomic mass is 9.84. The minimum atomic E-state index is 0.865. The lowest BCUT2D eigenvalue weighted by molar-refractivity contribution is 0.669. The molecule has 0 saturated carbocycles. The van der Waals surface area contributed by atoms with E-state index in [-0.39, 0.29) is 0 Å². The van der Waals surface area contributed by atoms with E-state index >= 15 is 0 Å². The van der Waals surface area contributed by atoms with Crippen LogP contribution in [-0.4, -0.2) is 0 Å². The van der Waals surface area contributed by atoms with Gasteiger partial charge in [0.25, 0.3) is 0 Å². The van der Waals surface area contributed by atoms with Crippen LogP contribution in [0, 0.1) is 6.92 Å². The van der Waals surface area contributed by atoms with Crippen molar-refractivity contribution in [2.75, 3.05) is 0 Å². The van der Waals surface area contributed by atoms with Gasteiger partial charge >= 0.3 is 0 Å². The molecule has 17 aromatic carbocycles. The average molecular weight is 1270 g/mol. The second-order valence-corrected chi connectivity index (χ2v) is 28.2. The minimum absolute atomic E-state index is 0.865. The Morgan fingerprint density at radius 3 is 1.34 bits per heavy atom. The summed E-state index contributed by atoms with van der Waals surface area (Å²) >= 11 is 3.69. The van der Waals surface area contributed by atoms with Crippen molar-refractivity contribution in [3.8, 4) is 66.8 Å². The Labute approximate surface area is 565 Å². The summed E-state index contributed by atoms with van der Waals surface area (Å²) in [7, 11) is 0. The van der Waals surface area contributed by atoms with Crippen LogP contribution in [0.3, 0.4) is 0 Å². The number of hydrogen-bond acceptors (Lipinski definition) is 4. The molecule has 0 bridgehead atoms. The molecule has 0 aliphatic rings. The van der Waals surface area contributed by atoms with E-state index in [1.54, 1.807) is 0 Å². The van der Waals surface area contributed by atoms with Crippen molar-refractivity contribution in [3.05, 3.63) is 308 Å². The van der Waals surface area contributed by atoms with Gasteiger partial charge in [0, 0.05) is 67.6 Å². The number of furan rings is 2. The van der Waals surface area contributed by atoms with Gasteiger partial charge in [0.05, 0.1) is 0 Å². The monoisotopic (exact) mass is 1270 g/mol. The normalized spacial score (nSPS) is 12.2. The van der Waals surface area contributed by atoms with Crippen molar-refractivity contribution >= 4 is 178 Å². The van der Waals surface area contributed by atoms with Gasteiger partial charge in [0.15, 0.2) is 0 Å². The van der Waals surface area contributed by atoms with Gasteiger partial charge in [-0.2, -0.15) is 0 Å². The van der Waals surface area contributed by atoms with E-state index in [1.807, 2.05) is 22.7 Å². The number of benzene rings is 17. The molecule has 0 aliphatic heterocycles. The van der Waals surface area contributed by atoms with Crippen LogP contribution >= 0.6 is 22.7 Å². The summed E-state index contributed by atoms with van der Waals surface area (Å²) in [4.78, 5) is 1.13. The zero-order chi connectivity index (χ0) is 63.7. The predicted molar refractivity (Wildman–Crippen MR) is 419 cm³/mol. The third-order valence-electron chi connectivity index (χ3n) is 21.0. The van der Waals surface area contributed by atoms with Crippen LogP contribution in [0.5, 0.6) is 0 Å². The Bertz CT molecular complexity index is 6930. The van der Waals surface area contributed by atoms with E-state index < -0.39 is 0 Å². The van der Waals surface area contributed by atoms with Gasteiger partial charge in [-0.25, -0.2) is 0 Å². The van der Waals surface area contributed by atoms with Crippen LogP contribution in [0.4, 0.5) is 0 Å². The highest BCUT2D eigenvalue weighted by atomic mass is 32.1. The van der Waals surface area contributed by atoms with E-state index in [2.05, 4.69) is 311 Å². The Hall–Kier alpha value is -11.9. The summed E-state index contributed by atoms with van der Waals surface area (Å²) in [5, 5.41) is 25.4. The smallest absolute Gasteiger partial charge is 0.136 e. The van der Waals surface area contributed by atoms with Gasteiger partial charge < -0.3 is 8.83 Å². The second-order valence-electron chi connectivity index (χ2n) is 26.1. The Kier molecular flexibility index (Phi) is 11.7. The molecule has 4 aromatic heterocycles. The first-order valence-electron chi connectivity index (χ1n) is 33.2. The van der Waals surface area contributed by atoms with E-state index in [9.17, 15) is 0 Å². The number of hydrogen-bond donors (Lipinski definition) is 0. The summed E-state index contributed by atoms with van der Waals surface area (Å²) in [6.45, 7) is 6.81. The number of fused-ring (bicyclic) bond motifs is 19. The van der Waals surface area contributed by atoms with Gasteiger partial charge in [-0.1, -0.05) is 243 Å². The van der Waals surface area contributed by atoms with Crippen molar-refractivity contribution in [1.29, 1.82) is 0 Å². The molecule has 0 atom stereocenters. The molecule has 4 heteroatoms. The largest absolute Gasteiger partial charge is 0.456 e. The van der Waals surface area contributed by atoms with Crippen LogP contribution in [0.25, 0.3) is 222 Å². The van der Waals surface area contributed by atoms with Crippen LogP contribution in [0.15, 0.2) is 307 Å². The molecule has 21 rings (SSSR count). The minimum Gasteiger partial charge on any atom is -0.456 e. The molecule has 4 heterocycles. The molecule has 0 saturated heterocycles.